The minimum Gasteiger partial charge on any atom is -0.447 e. The molecule has 0 unspecified atom stereocenters. The van der Waals surface area contributed by atoms with E-state index in [1.54, 1.807) is 4.90 Å². The van der Waals surface area contributed by atoms with Crippen molar-refractivity contribution in [3.8, 4) is 11.1 Å². The summed E-state index contributed by atoms with van der Waals surface area (Å²) < 4.78 is 42.8. The van der Waals surface area contributed by atoms with E-state index in [2.05, 4.69) is 4.90 Å². The van der Waals surface area contributed by atoms with Gasteiger partial charge in [0.1, 0.15) is 5.82 Å². The maximum Gasteiger partial charge on any atom is 0.410 e. The highest BCUT2D eigenvalue weighted by Crippen LogP contribution is 2.26. The van der Waals surface area contributed by atoms with Crippen molar-refractivity contribution in [2.45, 2.75) is 31.4 Å². The van der Waals surface area contributed by atoms with E-state index in [1.165, 1.54) is 12.1 Å². The van der Waals surface area contributed by atoms with Crippen LogP contribution in [-0.2, 0) is 21.1 Å². The van der Waals surface area contributed by atoms with Crippen molar-refractivity contribution in [2.75, 3.05) is 32.4 Å². The molecule has 0 radical (unpaired) electrons. The van der Waals surface area contributed by atoms with Crippen LogP contribution < -0.4 is 0 Å². The van der Waals surface area contributed by atoms with Gasteiger partial charge in [-0.3, -0.25) is 4.90 Å². The van der Waals surface area contributed by atoms with Crippen LogP contribution in [0.5, 0.6) is 0 Å². The number of ether oxygens (including phenoxy) is 1. The lowest BCUT2D eigenvalue weighted by atomic mass is 10.0. The lowest BCUT2D eigenvalue weighted by Crippen LogP contribution is -2.48. The molecule has 0 atom stereocenters. The predicted molar refractivity (Wildman–Crippen MR) is 113 cm³/mol. The molecule has 0 aliphatic carbocycles. The normalized spacial score (nSPS) is 15.4. The molecule has 162 valence electrons. The van der Waals surface area contributed by atoms with Crippen molar-refractivity contribution in [1.82, 2.24) is 9.80 Å². The highest BCUT2D eigenvalue weighted by atomic mass is 32.2. The first-order valence-corrected chi connectivity index (χ1v) is 11.8. The number of hydrogen-bond acceptors (Lipinski definition) is 5. The zero-order valence-corrected chi connectivity index (χ0v) is 18.3. The third-order valence-corrected chi connectivity index (χ3v) is 6.12. The second kappa shape index (κ2) is 9.14. The number of piperazine rings is 1. The fourth-order valence-electron chi connectivity index (χ4n) is 3.37. The van der Waals surface area contributed by atoms with Gasteiger partial charge in [0.05, 0.1) is 11.0 Å². The number of benzene rings is 2. The number of amides is 1. The van der Waals surface area contributed by atoms with Gasteiger partial charge in [0.25, 0.3) is 0 Å². The van der Waals surface area contributed by atoms with Crippen LogP contribution >= 0.6 is 0 Å². The van der Waals surface area contributed by atoms with Crippen LogP contribution in [0.4, 0.5) is 9.18 Å². The average molecular weight is 435 g/mol. The lowest BCUT2D eigenvalue weighted by Gasteiger charge is -2.34. The van der Waals surface area contributed by atoms with Gasteiger partial charge in [-0.15, -0.1) is 0 Å². The van der Waals surface area contributed by atoms with Gasteiger partial charge < -0.3 is 9.64 Å². The van der Waals surface area contributed by atoms with Crippen molar-refractivity contribution in [3.05, 3.63) is 53.8 Å². The minimum atomic E-state index is -3.44. The van der Waals surface area contributed by atoms with Gasteiger partial charge in [0.2, 0.25) is 0 Å². The Bertz CT molecular complexity index is 998. The van der Waals surface area contributed by atoms with Gasteiger partial charge in [-0.1, -0.05) is 30.3 Å². The van der Waals surface area contributed by atoms with Crippen molar-refractivity contribution in [1.29, 1.82) is 0 Å². The highest BCUT2D eigenvalue weighted by molar-refractivity contribution is 7.90. The van der Waals surface area contributed by atoms with Gasteiger partial charge in [0, 0.05) is 44.5 Å². The van der Waals surface area contributed by atoms with Crippen molar-refractivity contribution < 1.29 is 22.3 Å². The number of sulfone groups is 1. The molecule has 0 saturated carbocycles. The van der Waals surface area contributed by atoms with E-state index in [1.807, 2.05) is 38.1 Å². The molecule has 6 nitrogen and oxygen atoms in total. The Morgan fingerprint density at radius 1 is 1.07 bits per heavy atom. The largest absolute Gasteiger partial charge is 0.447 e. The quantitative estimate of drug-likeness (QED) is 0.720. The Morgan fingerprint density at radius 2 is 1.70 bits per heavy atom. The molecule has 0 bridgehead atoms. The third kappa shape index (κ3) is 5.58. The number of carbonyl (C=O) groups is 1. The molecular formula is C22H27FN2O4S. The lowest BCUT2D eigenvalue weighted by molar-refractivity contribution is 0.0559. The highest BCUT2D eigenvalue weighted by Gasteiger charge is 2.22. The molecule has 1 saturated heterocycles. The van der Waals surface area contributed by atoms with Crippen LogP contribution in [0, 0.1) is 5.82 Å². The zero-order valence-electron chi connectivity index (χ0n) is 17.5. The van der Waals surface area contributed by atoms with Crippen molar-refractivity contribution >= 4 is 15.9 Å². The van der Waals surface area contributed by atoms with Crippen LogP contribution in [-0.4, -0.2) is 62.8 Å². The van der Waals surface area contributed by atoms with Gasteiger partial charge in [-0.05, 0) is 37.1 Å². The Kier molecular flexibility index (Phi) is 6.77. The summed E-state index contributed by atoms with van der Waals surface area (Å²) in [6, 6.07) is 11.5. The first-order valence-electron chi connectivity index (χ1n) is 9.90. The molecule has 0 N–H and O–H groups in total. The molecule has 1 aliphatic rings. The summed E-state index contributed by atoms with van der Waals surface area (Å²) in [5, 5.41) is 0. The number of carbonyl (C=O) groups excluding carboxylic acids is 1. The van der Waals surface area contributed by atoms with E-state index in [0.29, 0.717) is 24.2 Å². The average Bonchev–Trinajstić information content (AvgIpc) is 2.68. The number of halogens is 1. The van der Waals surface area contributed by atoms with E-state index in [-0.39, 0.29) is 17.1 Å². The van der Waals surface area contributed by atoms with Gasteiger partial charge >= 0.3 is 6.09 Å². The van der Waals surface area contributed by atoms with Crippen LogP contribution in [0.2, 0.25) is 0 Å². The molecule has 1 heterocycles. The van der Waals surface area contributed by atoms with E-state index >= 15 is 0 Å². The second-order valence-electron chi connectivity index (χ2n) is 7.81. The van der Waals surface area contributed by atoms with Crippen LogP contribution in [0.1, 0.15) is 19.4 Å². The van der Waals surface area contributed by atoms with Gasteiger partial charge in [-0.2, -0.15) is 0 Å². The van der Waals surface area contributed by atoms with Crippen LogP contribution in [0.15, 0.2) is 47.4 Å². The maximum atomic E-state index is 14.4. The molecule has 8 heteroatoms. The summed E-state index contributed by atoms with van der Waals surface area (Å²) in [4.78, 5) is 15.9. The maximum absolute atomic E-state index is 14.4. The molecule has 2 aromatic rings. The molecule has 0 spiro atoms. The van der Waals surface area contributed by atoms with E-state index in [9.17, 15) is 17.6 Å². The Labute approximate surface area is 177 Å². The third-order valence-electron chi connectivity index (χ3n) is 5.01. The molecule has 2 aromatic carbocycles. The summed E-state index contributed by atoms with van der Waals surface area (Å²) in [7, 11) is -3.44. The summed E-state index contributed by atoms with van der Waals surface area (Å²) in [5.41, 5.74) is 2.15. The van der Waals surface area contributed by atoms with Gasteiger partial charge in [0.15, 0.2) is 9.84 Å². The number of hydrogen-bond donors (Lipinski definition) is 0. The van der Waals surface area contributed by atoms with E-state index in [4.69, 9.17) is 4.74 Å². The van der Waals surface area contributed by atoms with E-state index in [0.717, 1.165) is 37.5 Å². The van der Waals surface area contributed by atoms with Crippen molar-refractivity contribution in [2.24, 2.45) is 0 Å². The SMILES string of the molecule is CC(C)OC(=O)N1CCN(Cc2ccc(-c3ccc(S(C)(=O)=O)cc3F)cc2)CC1. The molecule has 0 aromatic heterocycles. The molecule has 1 amide bonds. The number of rotatable bonds is 5. The fraction of sp³-hybridized carbons (Fsp3) is 0.409. The first kappa shape index (κ1) is 22.2. The zero-order chi connectivity index (χ0) is 21.9. The van der Waals surface area contributed by atoms with Crippen LogP contribution in [0.3, 0.4) is 0 Å². The first-order chi connectivity index (χ1) is 14.1. The predicted octanol–water partition coefficient (Wildman–Crippen LogP) is 3.56. The Hall–Kier alpha value is -2.45. The minimum absolute atomic E-state index is 0.0308. The van der Waals surface area contributed by atoms with Crippen molar-refractivity contribution in [3.63, 3.8) is 0 Å². The Balaban J connectivity index is 1.60. The smallest absolute Gasteiger partial charge is 0.410 e. The number of nitrogens with zero attached hydrogens (tertiary/aromatic N) is 2. The van der Waals surface area contributed by atoms with Crippen LogP contribution in [0.25, 0.3) is 11.1 Å². The fourth-order valence-corrected chi connectivity index (χ4v) is 4.01. The monoisotopic (exact) mass is 434 g/mol. The van der Waals surface area contributed by atoms with Gasteiger partial charge in [-0.25, -0.2) is 17.6 Å². The molecular weight excluding hydrogens is 407 g/mol. The summed E-state index contributed by atoms with van der Waals surface area (Å²) in [6.45, 7) is 7.19. The second-order valence-corrected chi connectivity index (χ2v) is 9.82. The molecule has 3 rings (SSSR count). The standard InChI is InChI=1S/C22H27FN2O4S/c1-16(2)29-22(26)25-12-10-24(11-13-25)15-17-4-6-18(7-5-17)20-9-8-19(14-21(20)23)30(3,27)28/h4-9,14,16H,10-13,15H2,1-3H3. The molecule has 1 fully saturated rings. The van der Waals surface area contributed by atoms with E-state index < -0.39 is 15.7 Å². The summed E-state index contributed by atoms with van der Waals surface area (Å²) in [5.74, 6) is -0.560. The molecule has 1 aliphatic heterocycles. The summed E-state index contributed by atoms with van der Waals surface area (Å²) in [6.07, 6.45) is 0.669. The molecule has 30 heavy (non-hydrogen) atoms. The summed E-state index contributed by atoms with van der Waals surface area (Å²) >= 11 is 0. The Morgan fingerprint density at radius 3 is 2.23 bits per heavy atom. The topological polar surface area (TPSA) is 66.9 Å².